The summed E-state index contributed by atoms with van der Waals surface area (Å²) in [4.78, 5) is 13.0. The maximum Gasteiger partial charge on any atom is 0.280 e. The smallest absolute Gasteiger partial charge is 0.280 e. The summed E-state index contributed by atoms with van der Waals surface area (Å²) in [5, 5.41) is 5.88. The van der Waals surface area contributed by atoms with Gasteiger partial charge in [0.25, 0.3) is 5.91 Å². The number of amides is 1. The predicted octanol–water partition coefficient (Wildman–Crippen LogP) is 7.05. The summed E-state index contributed by atoms with van der Waals surface area (Å²) in [6.45, 7) is 5.19. The molecule has 0 aromatic heterocycles. The van der Waals surface area contributed by atoms with Crippen LogP contribution in [0.15, 0.2) is 114 Å². The third kappa shape index (κ3) is 6.36. The third-order valence-corrected chi connectivity index (χ3v) is 6.21. The summed E-state index contributed by atoms with van der Waals surface area (Å²) in [5.74, 6) is 1.99. The van der Waals surface area contributed by atoms with Crippen LogP contribution in [-0.4, -0.2) is 18.2 Å². The van der Waals surface area contributed by atoms with E-state index in [-0.39, 0.29) is 5.91 Å². The molecule has 196 valence electrons. The normalized spacial score (nSPS) is 13.9. The van der Waals surface area contributed by atoms with Crippen molar-refractivity contribution in [2.75, 3.05) is 11.6 Å². The van der Waals surface area contributed by atoms with Crippen molar-refractivity contribution in [3.8, 4) is 17.2 Å². The minimum atomic E-state index is -0.139. The van der Waals surface area contributed by atoms with E-state index in [4.69, 9.17) is 14.2 Å². The van der Waals surface area contributed by atoms with Gasteiger partial charge in [-0.3, -0.25) is 4.79 Å². The fourth-order valence-corrected chi connectivity index (χ4v) is 4.19. The van der Waals surface area contributed by atoms with E-state index in [1.165, 1.54) is 5.01 Å². The molecule has 0 spiro atoms. The van der Waals surface area contributed by atoms with Crippen LogP contribution in [0.5, 0.6) is 17.2 Å². The zero-order valence-corrected chi connectivity index (χ0v) is 22.0. The molecule has 6 heteroatoms. The van der Waals surface area contributed by atoms with Crippen molar-refractivity contribution in [1.82, 2.24) is 0 Å². The van der Waals surface area contributed by atoms with Crippen LogP contribution in [0.4, 0.5) is 5.69 Å². The first kappa shape index (κ1) is 25.8. The van der Waals surface area contributed by atoms with Gasteiger partial charge in [0, 0.05) is 0 Å². The van der Waals surface area contributed by atoms with E-state index in [1.807, 2.05) is 123 Å². The zero-order chi connectivity index (χ0) is 27.0. The number of hydrogen-bond donors (Lipinski definition) is 0. The molecule has 1 aliphatic rings. The Hall–Kier alpha value is -4.84. The van der Waals surface area contributed by atoms with E-state index in [0.29, 0.717) is 42.6 Å². The highest BCUT2D eigenvalue weighted by Gasteiger charge is 2.28. The Morgan fingerprint density at radius 1 is 0.744 bits per heavy atom. The van der Waals surface area contributed by atoms with Gasteiger partial charge in [-0.25, -0.2) is 0 Å². The topological polar surface area (TPSA) is 60.4 Å². The molecule has 0 radical (unpaired) electrons. The number of anilines is 1. The number of carbonyl (C=O) groups is 1. The molecular weight excluding hydrogens is 488 g/mol. The first-order valence-electron chi connectivity index (χ1n) is 12.9. The van der Waals surface area contributed by atoms with Crippen molar-refractivity contribution in [3.05, 3.63) is 125 Å². The van der Waals surface area contributed by atoms with Crippen LogP contribution in [-0.2, 0) is 18.0 Å². The van der Waals surface area contributed by atoms with Crippen LogP contribution >= 0.6 is 0 Å². The number of ether oxygens (including phenoxy) is 3. The van der Waals surface area contributed by atoms with Gasteiger partial charge in [-0.05, 0) is 73.0 Å². The molecule has 0 saturated carbocycles. The Kier molecular flexibility index (Phi) is 8.03. The van der Waals surface area contributed by atoms with Crippen LogP contribution in [0.3, 0.4) is 0 Å². The van der Waals surface area contributed by atoms with Crippen LogP contribution < -0.4 is 19.2 Å². The average Bonchev–Trinajstić information content (AvgIpc) is 3.26. The predicted molar refractivity (Wildman–Crippen MR) is 154 cm³/mol. The number of para-hydroxylation sites is 1. The molecule has 1 heterocycles. The molecule has 6 nitrogen and oxygen atoms in total. The average molecular weight is 519 g/mol. The molecule has 4 aromatic rings. The molecular formula is C33H30N2O4. The highest BCUT2D eigenvalue weighted by molar-refractivity contribution is 6.32. The van der Waals surface area contributed by atoms with Gasteiger partial charge < -0.3 is 14.2 Å². The highest BCUT2D eigenvalue weighted by Crippen LogP contribution is 2.30. The summed E-state index contributed by atoms with van der Waals surface area (Å²) in [7, 11) is 0. The molecule has 5 rings (SSSR count). The Bertz CT molecular complexity index is 1480. The van der Waals surface area contributed by atoms with Gasteiger partial charge in [-0.1, -0.05) is 66.7 Å². The summed E-state index contributed by atoms with van der Waals surface area (Å²) in [6.07, 6.45) is 1.86. The maximum absolute atomic E-state index is 13.0. The first-order chi connectivity index (χ1) is 19.1. The third-order valence-electron chi connectivity index (χ3n) is 6.21. The second-order valence-electron chi connectivity index (χ2n) is 9.04. The van der Waals surface area contributed by atoms with E-state index in [0.717, 1.165) is 28.1 Å². The first-order valence-corrected chi connectivity index (χ1v) is 12.9. The van der Waals surface area contributed by atoms with Gasteiger partial charge in [-0.15, -0.1) is 0 Å². The molecule has 39 heavy (non-hydrogen) atoms. The fourth-order valence-electron chi connectivity index (χ4n) is 4.19. The van der Waals surface area contributed by atoms with E-state index in [2.05, 4.69) is 5.10 Å². The Morgan fingerprint density at radius 2 is 1.44 bits per heavy atom. The fraction of sp³-hybridized carbons (Fsp3) is 0.152. The monoisotopic (exact) mass is 518 g/mol. The van der Waals surface area contributed by atoms with Crippen molar-refractivity contribution in [1.29, 1.82) is 0 Å². The Labute approximate surface area is 228 Å². The van der Waals surface area contributed by atoms with Gasteiger partial charge in [0.05, 0.1) is 23.6 Å². The lowest BCUT2D eigenvalue weighted by Gasteiger charge is -2.14. The molecule has 1 amide bonds. The SMILES string of the molecule is CCOc1cc(COc2ccc(/C=C3\C(=O)N(c4ccccc4)N=C3C)cc2)ccc1OCc1ccccc1. The minimum absolute atomic E-state index is 0.139. The molecule has 0 aliphatic carbocycles. The molecule has 0 bridgehead atoms. The van der Waals surface area contributed by atoms with Crippen molar-refractivity contribution in [3.63, 3.8) is 0 Å². The van der Waals surface area contributed by atoms with Crippen molar-refractivity contribution >= 4 is 23.4 Å². The second kappa shape index (κ2) is 12.1. The molecule has 0 atom stereocenters. The molecule has 0 saturated heterocycles. The van der Waals surface area contributed by atoms with E-state index >= 15 is 0 Å². The summed E-state index contributed by atoms with van der Waals surface area (Å²) in [5.41, 5.74) is 4.97. The number of nitrogens with zero attached hydrogens (tertiary/aromatic N) is 2. The van der Waals surface area contributed by atoms with Crippen LogP contribution in [0.1, 0.15) is 30.5 Å². The number of hydrazone groups is 1. The number of benzene rings is 4. The second-order valence-corrected chi connectivity index (χ2v) is 9.04. The van der Waals surface area contributed by atoms with Crippen molar-refractivity contribution in [2.24, 2.45) is 5.10 Å². The number of hydrogen-bond acceptors (Lipinski definition) is 5. The van der Waals surface area contributed by atoms with Gasteiger partial charge in [0.2, 0.25) is 0 Å². The van der Waals surface area contributed by atoms with Gasteiger partial charge >= 0.3 is 0 Å². The maximum atomic E-state index is 13.0. The summed E-state index contributed by atoms with van der Waals surface area (Å²) >= 11 is 0. The lowest BCUT2D eigenvalue weighted by Crippen LogP contribution is -2.21. The van der Waals surface area contributed by atoms with Gasteiger partial charge in [0.1, 0.15) is 19.0 Å². The van der Waals surface area contributed by atoms with Gasteiger partial charge in [-0.2, -0.15) is 10.1 Å². The molecule has 1 aliphatic heterocycles. The lowest BCUT2D eigenvalue weighted by molar-refractivity contribution is -0.114. The zero-order valence-electron chi connectivity index (χ0n) is 22.0. The number of rotatable bonds is 10. The standard InChI is InChI=1S/C33H30N2O4/c1-3-37-32-21-27(16-19-31(32)39-22-26-10-6-4-7-11-26)23-38-29-17-14-25(15-18-29)20-30-24(2)34-35(33(30)36)28-12-8-5-9-13-28/h4-21H,3,22-23H2,1-2H3/b30-20-. The quantitative estimate of drug-likeness (QED) is 0.211. The number of carbonyl (C=O) groups excluding carboxylic acids is 1. The molecule has 0 N–H and O–H groups in total. The molecule has 4 aromatic carbocycles. The molecule has 0 fully saturated rings. The van der Waals surface area contributed by atoms with Crippen LogP contribution in [0, 0.1) is 0 Å². The minimum Gasteiger partial charge on any atom is -0.490 e. The van der Waals surface area contributed by atoms with Crippen molar-refractivity contribution in [2.45, 2.75) is 27.1 Å². The Balaban J connectivity index is 1.21. The molecule has 0 unspecified atom stereocenters. The van der Waals surface area contributed by atoms with E-state index in [1.54, 1.807) is 0 Å². The Morgan fingerprint density at radius 3 is 2.15 bits per heavy atom. The van der Waals surface area contributed by atoms with Crippen molar-refractivity contribution < 1.29 is 19.0 Å². The van der Waals surface area contributed by atoms with Crippen LogP contribution in [0.25, 0.3) is 6.08 Å². The lowest BCUT2D eigenvalue weighted by atomic mass is 10.1. The summed E-state index contributed by atoms with van der Waals surface area (Å²) in [6, 6.07) is 33.0. The van der Waals surface area contributed by atoms with E-state index < -0.39 is 0 Å². The van der Waals surface area contributed by atoms with E-state index in [9.17, 15) is 4.79 Å². The summed E-state index contributed by atoms with van der Waals surface area (Å²) < 4.78 is 17.8. The largest absolute Gasteiger partial charge is 0.490 e. The van der Waals surface area contributed by atoms with Crippen LogP contribution in [0.2, 0.25) is 0 Å². The highest BCUT2D eigenvalue weighted by atomic mass is 16.5. The van der Waals surface area contributed by atoms with Gasteiger partial charge in [0.15, 0.2) is 11.5 Å².